The average Bonchev–Trinajstić information content (AvgIpc) is 2.57. The Bertz CT molecular complexity index is 745. The second-order valence-corrected chi connectivity index (χ2v) is 5.42. The lowest BCUT2D eigenvalue weighted by Gasteiger charge is -2.07. The molecule has 2 aromatic rings. The number of halogens is 1. The first-order valence-corrected chi connectivity index (χ1v) is 7.53. The van der Waals surface area contributed by atoms with Gasteiger partial charge in [-0.2, -0.15) is 0 Å². The van der Waals surface area contributed by atoms with Crippen LogP contribution in [0.5, 0.6) is 5.75 Å². The summed E-state index contributed by atoms with van der Waals surface area (Å²) in [6.45, 7) is 1.64. The zero-order valence-corrected chi connectivity index (χ0v) is 14.1. The van der Waals surface area contributed by atoms with Gasteiger partial charge in [0.25, 0.3) is 5.91 Å². The summed E-state index contributed by atoms with van der Waals surface area (Å²) in [5.41, 5.74) is 7.98. The molecule has 0 radical (unpaired) electrons. The lowest BCUT2D eigenvalue weighted by atomic mass is 10.2. The summed E-state index contributed by atoms with van der Waals surface area (Å²) < 4.78 is 5.06. The molecule has 0 aliphatic rings. The number of rotatable bonds is 6. The number of methoxy groups -OCH3 is 1. The molecule has 0 aromatic heterocycles. The minimum absolute atomic E-state index is 0.166. The van der Waals surface area contributed by atoms with Crippen molar-refractivity contribution in [2.45, 2.75) is 6.92 Å². The molecule has 0 aliphatic heterocycles. The van der Waals surface area contributed by atoms with Crippen molar-refractivity contribution < 1.29 is 14.4 Å². The van der Waals surface area contributed by atoms with Gasteiger partial charge < -0.3 is 20.6 Å². The fourth-order valence-electron chi connectivity index (χ4n) is 1.88. The maximum Gasteiger partial charge on any atom is 0.265 e. The Hall–Kier alpha value is -2.73. The molecule has 0 heterocycles. The smallest absolute Gasteiger partial charge is 0.265 e. The van der Waals surface area contributed by atoms with Gasteiger partial charge in [0.05, 0.1) is 17.8 Å². The molecule has 0 unspecified atom stereocenters. The molecule has 0 aliphatic carbocycles. The summed E-state index contributed by atoms with van der Waals surface area (Å²) in [6, 6.07) is 12.3. The van der Waals surface area contributed by atoms with E-state index in [4.69, 9.17) is 26.9 Å². The maximum absolute atomic E-state index is 11.8. The number of amidine groups is 1. The van der Waals surface area contributed by atoms with Crippen molar-refractivity contribution >= 4 is 29.0 Å². The monoisotopic (exact) mass is 347 g/mol. The van der Waals surface area contributed by atoms with Gasteiger partial charge >= 0.3 is 0 Å². The molecule has 0 atom stereocenters. The molecule has 0 saturated carbocycles. The van der Waals surface area contributed by atoms with Crippen molar-refractivity contribution in [2.75, 3.05) is 19.0 Å². The van der Waals surface area contributed by atoms with Crippen LogP contribution in [0, 0.1) is 6.92 Å². The Labute approximate surface area is 145 Å². The van der Waals surface area contributed by atoms with Crippen molar-refractivity contribution in [3.8, 4) is 5.75 Å². The molecule has 24 heavy (non-hydrogen) atoms. The van der Waals surface area contributed by atoms with Gasteiger partial charge in [0, 0.05) is 5.56 Å². The SMILES string of the molecule is COc1ccc(/C(N)=N/OCC(=O)Nc2ccc(C)cc2Cl)cc1. The van der Waals surface area contributed by atoms with Gasteiger partial charge in [-0.25, -0.2) is 0 Å². The van der Waals surface area contributed by atoms with Crippen LogP contribution >= 0.6 is 11.6 Å². The predicted octanol–water partition coefficient (Wildman–Crippen LogP) is 2.93. The average molecular weight is 348 g/mol. The third kappa shape index (κ3) is 4.89. The Morgan fingerprint density at radius 1 is 1.25 bits per heavy atom. The molecular formula is C17H18ClN3O3. The fourth-order valence-corrected chi connectivity index (χ4v) is 2.17. The van der Waals surface area contributed by atoms with E-state index < -0.39 is 0 Å². The van der Waals surface area contributed by atoms with E-state index in [0.717, 1.165) is 5.56 Å². The van der Waals surface area contributed by atoms with Crippen molar-refractivity contribution in [3.63, 3.8) is 0 Å². The van der Waals surface area contributed by atoms with Crippen LogP contribution in [0.15, 0.2) is 47.6 Å². The molecule has 126 valence electrons. The lowest BCUT2D eigenvalue weighted by molar-refractivity contribution is -0.120. The highest BCUT2D eigenvalue weighted by molar-refractivity contribution is 6.33. The number of nitrogens with zero attached hydrogens (tertiary/aromatic N) is 1. The summed E-state index contributed by atoms with van der Waals surface area (Å²) in [6.07, 6.45) is 0. The number of ether oxygens (including phenoxy) is 1. The number of hydrogen-bond acceptors (Lipinski definition) is 4. The highest BCUT2D eigenvalue weighted by atomic mass is 35.5. The number of carbonyl (C=O) groups is 1. The van der Waals surface area contributed by atoms with E-state index in [9.17, 15) is 4.79 Å². The Morgan fingerprint density at radius 2 is 1.96 bits per heavy atom. The summed E-state index contributed by atoms with van der Waals surface area (Å²) in [5, 5.41) is 6.83. The number of aryl methyl sites for hydroxylation is 1. The van der Waals surface area contributed by atoms with Crippen LogP contribution in [0.2, 0.25) is 5.02 Å². The molecule has 7 heteroatoms. The normalized spacial score (nSPS) is 11.0. The zero-order chi connectivity index (χ0) is 17.5. The molecular weight excluding hydrogens is 330 g/mol. The van der Waals surface area contributed by atoms with E-state index in [2.05, 4.69) is 10.5 Å². The molecule has 2 rings (SSSR count). The summed E-state index contributed by atoms with van der Waals surface area (Å²) in [4.78, 5) is 16.8. The third-order valence-electron chi connectivity index (χ3n) is 3.14. The first kappa shape index (κ1) is 17.6. The Kier molecular flexibility index (Phi) is 6.03. The predicted molar refractivity (Wildman–Crippen MR) is 94.5 cm³/mol. The van der Waals surface area contributed by atoms with Gasteiger partial charge in [-0.05, 0) is 48.9 Å². The second kappa shape index (κ2) is 8.21. The van der Waals surface area contributed by atoms with Gasteiger partial charge in [0.15, 0.2) is 12.4 Å². The van der Waals surface area contributed by atoms with Crippen LogP contribution in [-0.2, 0) is 9.63 Å². The lowest BCUT2D eigenvalue weighted by Crippen LogP contribution is -2.19. The van der Waals surface area contributed by atoms with Crippen molar-refractivity contribution in [3.05, 3.63) is 58.6 Å². The van der Waals surface area contributed by atoms with Gasteiger partial charge in [-0.1, -0.05) is 22.8 Å². The van der Waals surface area contributed by atoms with Gasteiger partial charge in [0.2, 0.25) is 0 Å². The van der Waals surface area contributed by atoms with Crippen LogP contribution in [0.1, 0.15) is 11.1 Å². The number of anilines is 1. The first-order valence-electron chi connectivity index (χ1n) is 7.15. The first-order chi connectivity index (χ1) is 11.5. The fraction of sp³-hybridized carbons (Fsp3) is 0.176. The van der Waals surface area contributed by atoms with E-state index in [1.165, 1.54) is 0 Å². The molecule has 2 aromatic carbocycles. The number of oxime groups is 1. The number of hydrogen-bond donors (Lipinski definition) is 2. The van der Waals surface area contributed by atoms with Crippen LogP contribution < -0.4 is 15.8 Å². The molecule has 3 N–H and O–H groups in total. The molecule has 0 spiro atoms. The topological polar surface area (TPSA) is 85.9 Å². The van der Waals surface area contributed by atoms with E-state index in [1.807, 2.05) is 13.0 Å². The van der Waals surface area contributed by atoms with Crippen LogP contribution in [0.4, 0.5) is 5.69 Å². The maximum atomic E-state index is 11.8. The summed E-state index contributed by atoms with van der Waals surface area (Å²) in [7, 11) is 1.58. The number of benzene rings is 2. The molecule has 0 fully saturated rings. The minimum atomic E-state index is -0.382. The zero-order valence-electron chi connectivity index (χ0n) is 13.4. The van der Waals surface area contributed by atoms with Crippen molar-refractivity contribution in [1.82, 2.24) is 0 Å². The summed E-state index contributed by atoms with van der Waals surface area (Å²) in [5.74, 6) is 0.493. The van der Waals surface area contributed by atoms with Crippen LogP contribution in [-0.4, -0.2) is 25.5 Å². The molecule has 0 saturated heterocycles. The second-order valence-electron chi connectivity index (χ2n) is 5.01. The third-order valence-corrected chi connectivity index (χ3v) is 3.46. The number of carbonyl (C=O) groups excluding carboxylic acids is 1. The van der Waals surface area contributed by atoms with E-state index in [-0.39, 0.29) is 18.3 Å². The largest absolute Gasteiger partial charge is 0.497 e. The highest BCUT2D eigenvalue weighted by Gasteiger charge is 2.07. The van der Waals surface area contributed by atoms with Crippen molar-refractivity contribution in [2.24, 2.45) is 10.9 Å². The quantitative estimate of drug-likeness (QED) is 0.478. The number of nitrogens with two attached hydrogens (primary N) is 1. The minimum Gasteiger partial charge on any atom is -0.497 e. The Balaban J connectivity index is 1.88. The van der Waals surface area contributed by atoms with E-state index in [1.54, 1.807) is 43.5 Å². The standard InChI is InChI=1S/C17H18ClN3O3/c1-11-3-8-15(14(18)9-11)20-16(22)10-24-21-17(19)12-4-6-13(23-2)7-5-12/h3-9H,10H2,1-2H3,(H2,19,21)(H,20,22). The van der Waals surface area contributed by atoms with Gasteiger partial charge in [0.1, 0.15) is 5.75 Å². The number of amides is 1. The molecule has 0 bridgehead atoms. The Morgan fingerprint density at radius 3 is 2.58 bits per heavy atom. The van der Waals surface area contributed by atoms with Crippen LogP contribution in [0.3, 0.4) is 0 Å². The van der Waals surface area contributed by atoms with Gasteiger partial charge in [-0.3, -0.25) is 4.79 Å². The van der Waals surface area contributed by atoms with Gasteiger partial charge in [-0.15, -0.1) is 0 Å². The number of nitrogens with one attached hydrogen (secondary N) is 1. The molecule has 1 amide bonds. The summed E-state index contributed by atoms with van der Waals surface area (Å²) >= 11 is 6.05. The van der Waals surface area contributed by atoms with Crippen molar-refractivity contribution in [1.29, 1.82) is 0 Å². The van der Waals surface area contributed by atoms with Crippen LogP contribution in [0.25, 0.3) is 0 Å². The molecule has 6 nitrogen and oxygen atoms in total. The van der Waals surface area contributed by atoms with E-state index in [0.29, 0.717) is 22.0 Å². The van der Waals surface area contributed by atoms with E-state index >= 15 is 0 Å². The highest BCUT2D eigenvalue weighted by Crippen LogP contribution is 2.22.